The van der Waals surface area contributed by atoms with Gasteiger partial charge >= 0.3 is 0 Å². The van der Waals surface area contributed by atoms with Crippen molar-refractivity contribution in [3.8, 4) is 0 Å². The predicted octanol–water partition coefficient (Wildman–Crippen LogP) is 0.588. The Balaban J connectivity index is 2.27. The average molecular weight is 223 g/mol. The predicted molar refractivity (Wildman–Crippen MR) is 60.8 cm³/mol. The molecule has 2 N–H and O–H groups in total. The second-order valence-electron chi connectivity index (χ2n) is 4.44. The van der Waals surface area contributed by atoms with Crippen molar-refractivity contribution in [3.63, 3.8) is 0 Å². The molecule has 0 aliphatic carbocycles. The van der Waals surface area contributed by atoms with Gasteiger partial charge in [-0.3, -0.25) is 10.1 Å². The lowest BCUT2D eigenvalue weighted by atomic mass is 10.1. The molecular weight excluding hydrogens is 206 g/mol. The van der Waals surface area contributed by atoms with E-state index < -0.39 is 0 Å². The Kier molecular flexibility index (Phi) is 4.30. The summed E-state index contributed by atoms with van der Waals surface area (Å²) in [6, 6.07) is 0. The van der Waals surface area contributed by atoms with Crippen molar-refractivity contribution in [1.82, 2.24) is 20.5 Å². The average Bonchev–Trinajstić information content (AvgIpc) is 2.17. The zero-order chi connectivity index (χ0) is 12.0. The molecule has 0 fully saturated rings. The lowest BCUT2D eigenvalue weighted by molar-refractivity contribution is -0.116. The second kappa shape index (κ2) is 5.50. The molecule has 1 heterocycles. The minimum absolute atomic E-state index is 0.0189. The molecule has 88 valence electrons. The SMILES string of the molecule is CC(C)(C)NCCC(=O)Nc1nccnn1. The fourth-order valence-electron chi connectivity index (χ4n) is 1.04. The van der Waals surface area contributed by atoms with Gasteiger partial charge in [-0.1, -0.05) is 0 Å². The highest BCUT2D eigenvalue weighted by molar-refractivity contribution is 5.88. The van der Waals surface area contributed by atoms with Crippen LogP contribution in [0.5, 0.6) is 0 Å². The van der Waals surface area contributed by atoms with Crippen LogP contribution in [0.4, 0.5) is 5.95 Å². The minimum atomic E-state index is -0.121. The number of hydrogen-bond acceptors (Lipinski definition) is 5. The zero-order valence-electron chi connectivity index (χ0n) is 9.82. The van der Waals surface area contributed by atoms with E-state index in [0.717, 1.165) is 0 Å². The van der Waals surface area contributed by atoms with E-state index in [1.165, 1.54) is 12.4 Å². The Bertz CT molecular complexity index is 333. The van der Waals surface area contributed by atoms with Crippen LogP contribution in [0.1, 0.15) is 27.2 Å². The molecule has 16 heavy (non-hydrogen) atoms. The molecule has 0 spiro atoms. The van der Waals surface area contributed by atoms with E-state index in [1.54, 1.807) is 0 Å². The molecule has 0 aliphatic rings. The van der Waals surface area contributed by atoms with Gasteiger partial charge in [-0.25, -0.2) is 4.98 Å². The van der Waals surface area contributed by atoms with Crippen molar-refractivity contribution in [1.29, 1.82) is 0 Å². The number of hydrogen-bond donors (Lipinski definition) is 2. The third kappa shape index (κ3) is 5.35. The standard InChI is InChI=1S/C10H17N5O/c1-10(2,3)12-5-4-8(16)14-9-11-6-7-13-15-9/h6-7,12H,4-5H2,1-3H3,(H,11,14,15,16). The van der Waals surface area contributed by atoms with Crippen LogP contribution >= 0.6 is 0 Å². The van der Waals surface area contributed by atoms with Gasteiger partial charge in [0.05, 0.1) is 12.4 Å². The highest BCUT2D eigenvalue weighted by Crippen LogP contribution is 1.99. The maximum Gasteiger partial charge on any atom is 0.249 e. The summed E-state index contributed by atoms with van der Waals surface area (Å²) in [5, 5.41) is 13.1. The summed E-state index contributed by atoms with van der Waals surface area (Å²) in [5.74, 6) is 0.119. The van der Waals surface area contributed by atoms with Crippen molar-refractivity contribution in [3.05, 3.63) is 12.4 Å². The summed E-state index contributed by atoms with van der Waals surface area (Å²) in [6.45, 7) is 6.77. The number of carbonyl (C=O) groups is 1. The highest BCUT2D eigenvalue weighted by atomic mass is 16.1. The van der Waals surface area contributed by atoms with E-state index in [4.69, 9.17) is 0 Å². The first-order valence-electron chi connectivity index (χ1n) is 5.16. The number of carbonyl (C=O) groups excluding carboxylic acids is 1. The third-order valence-electron chi connectivity index (χ3n) is 1.74. The summed E-state index contributed by atoms with van der Waals surface area (Å²) < 4.78 is 0. The van der Waals surface area contributed by atoms with Crippen LogP contribution in [0.3, 0.4) is 0 Å². The van der Waals surface area contributed by atoms with E-state index in [1.807, 2.05) is 0 Å². The molecule has 0 saturated heterocycles. The van der Waals surface area contributed by atoms with Gasteiger partial charge in [-0.15, -0.1) is 5.10 Å². The number of nitrogens with one attached hydrogen (secondary N) is 2. The maximum atomic E-state index is 11.4. The molecule has 0 atom stereocenters. The molecule has 1 aromatic heterocycles. The van der Waals surface area contributed by atoms with Gasteiger partial charge in [0.1, 0.15) is 0 Å². The number of amides is 1. The van der Waals surface area contributed by atoms with Crippen molar-refractivity contribution in [2.24, 2.45) is 0 Å². The minimum Gasteiger partial charge on any atom is -0.312 e. The van der Waals surface area contributed by atoms with Crippen molar-refractivity contribution in [2.75, 3.05) is 11.9 Å². The molecule has 1 amide bonds. The first-order chi connectivity index (χ1) is 7.47. The van der Waals surface area contributed by atoms with E-state index >= 15 is 0 Å². The molecule has 1 rings (SSSR count). The molecule has 0 bridgehead atoms. The van der Waals surface area contributed by atoms with Crippen LogP contribution in [0, 0.1) is 0 Å². The van der Waals surface area contributed by atoms with Crippen molar-refractivity contribution < 1.29 is 4.79 Å². The molecule has 1 aromatic rings. The number of rotatable bonds is 4. The van der Waals surface area contributed by atoms with Crippen molar-refractivity contribution >= 4 is 11.9 Å². The fourth-order valence-corrected chi connectivity index (χ4v) is 1.04. The molecule has 0 saturated carbocycles. The largest absolute Gasteiger partial charge is 0.312 e. The normalized spacial score (nSPS) is 11.2. The zero-order valence-corrected chi connectivity index (χ0v) is 9.82. The Labute approximate surface area is 94.9 Å². The first-order valence-corrected chi connectivity index (χ1v) is 5.16. The van der Waals surface area contributed by atoms with Crippen molar-refractivity contribution in [2.45, 2.75) is 32.7 Å². The van der Waals surface area contributed by atoms with Crippen LogP contribution < -0.4 is 10.6 Å². The Morgan fingerprint density at radius 2 is 2.12 bits per heavy atom. The van der Waals surface area contributed by atoms with Crippen LogP contribution in [0.15, 0.2) is 12.4 Å². The molecule has 6 nitrogen and oxygen atoms in total. The topological polar surface area (TPSA) is 79.8 Å². The second-order valence-corrected chi connectivity index (χ2v) is 4.44. The number of nitrogens with zero attached hydrogens (tertiary/aromatic N) is 3. The van der Waals surface area contributed by atoms with Gasteiger partial charge in [-0.2, -0.15) is 5.10 Å². The summed E-state index contributed by atoms with van der Waals surface area (Å²) in [4.78, 5) is 15.3. The monoisotopic (exact) mass is 223 g/mol. The van der Waals surface area contributed by atoms with Crippen LogP contribution in [0.2, 0.25) is 0 Å². The maximum absolute atomic E-state index is 11.4. The van der Waals surface area contributed by atoms with Crippen LogP contribution in [0.25, 0.3) is 0 Å². The fraction of sp³-hybridized carbons (Fsp3) is 0.600. The summed E-state index contributed by atoms with van der Waals surface area (Å²) in [7, 11) is 0. The van der Waals surface area contributed by atoms with Gasteiger partial charge in [0, 0.05) is 18.5 Å². The summed E-state index contributed by atoms with van der Waals surface area (Å²) >= 11 is 0. The summed E-state index contributed by atoms with van der Waals surface area (Å²) in [6.07, 6.45) is 3.32. The lowest BCUT2D eigenvalue weighted by Crippen LogP contribution is -2.37. The molecule has 0 unspecified atom stereocenters. The van der Waals surface area contributed by atoms with Crippen LogP contribution in [-0.4, -0.2) is 33.2 Å². The highest BCUT2D eigenvalue weighted by Gasteiger charge is 2.10. The third-order valence-corrected chi connectivity index (χ3v) is 1.74. The van der Waals surface area contributed by atoms with E-state index in [2.05, 4.69) is 46.6 Å². The van der Waals surface area contributed by atoms with Crippen LogP contribution in [-0.2, 0) is 4.79 Å². The number of aromatic nitrogens is 3. The smallest absolute Gasteiger partial charge is 0.249 e. The summed E-state index contributed by atoms with van der Waals surface area (Å²) in [5.41, 5.74) is 0.0189. The Hall–Kier alpha value is -1.56. The van der Waals surface area contributed by atoms with Gasteiger partial charge in [-0.05, 0) is 20.8 Å². The van der Waals surface area contributed by atoms with Gasteiger partial charge in [0.25, 0.3) is 0 Å². The van der Waals surface area contributed by atoms with Gasteiger partial charge in [0.2, 0.25) is 11.9 Å². The lowest BCUT2D eigenvalue weighted by Gasteiger charge is -2.19. The van der Waals surface area contributed by atoms with Gasteiger partial charge in [0.15, 0.2) is 0 Å². The molecule has 0 aromatic carbocycles. The Morgan fingerprint density at radius 1 is 1.38 bits per heavy atom. The van der Waals surface area contributed by atoms with E-state index in [9.17, 15) is 4.79 Å². The quantitative estimate of drug-likeness (QED) is 0.780. The molecular formula is C10H17N5O. The van der Waals surface area contributed by atoms with Gasteiger partial charge < -0.3 is 5.32 Å². The van der Waals surface area contributed by atoms with E-state index in [-0.39, 0.29) is 17.4 Å². The van der Waals surface area contributed by atoms with E-state index in [0.29, 0.717) is 13.0 Å². The Morgan fingerprint density at radius 3 is 2.69 bits per heavy atom. The molecule has 0 radical (unpaired) electrons. The molecule has 0 aliphatic heterocycles. The first kappa shape index (κ1) is 12.5. The number of anilines is 1. The molecule has 6 heteroatoms.